The highest BCUT2D eigenvalue weighted by Crippen LogP contribution is 2.28. The maximum Gasteiger partial charge on any atom is 0.326 e. The Bertz CT molecular complexity index is 1220. The molecule has 3 heterocycles. The van der Waals surface area contributed by atoms with Gasteiger partial charge in [0.15, 0.2) is 23.6 Å². The molecule has 3 aromatic heterocycles. The Morgan fingerprint density at radius 1 is 1.29 bits per heavy atom. The van der Waals surface area contributed by atoms with Crippen LogP contribution in [-0.2, 0) is 9.53 Å². The van der Waals surface area contributed by atoms with Crippen LogP contribution in [0.5, 0.6) is 0 Å². The molecule has 0 spiro atoms. The molecule has 0 saturated heterocycles. The van der Waals surface area contributed by atoms with Crippen LogP contribution < -0.4 is 11.1 Å². The van der Waals surface area contributed by atoms with Crippen LogP contribution in [0.25, 0.3) is 5.52 Å². The number of benzene rings is 1. The number of nitrogens with one attached hydrogen (secondary N) is 2. The summed E-state index contributed by atoms with van der Waals surface area (Å²) < 4.78 is 20.8. The third-order valence-electron chi connectivity index (χ3n) is 4.52. The molecule has 0 aliphatic heterocycles. The van der Waals surface area contributed by atoms with E-state index in [-0.39, 0.29) is 5.82 Å². The van der Waals surface area contributed by atoms with Gasteiger partial charge in [-0.1, -0.05) is 12.1 Å². The molecule has 0 amide bonds. The molecular weight excluding hydrogens is 401 g/mol. The summed E-state index contributed by atoms with van der Waals surface area (Å²) >= 11 is 0. The van der Waals surface area contributed by atoms with Crippen molar-refractivity contribution < 1.29 is 13.9 Å². The number of nitrogens with two attached hydrogens (primary N) is 1. The normalized spacial score (nSPS) is 12.7. The van der Waals surface area contributed by atoms with E-state index in [9.17, 15) is 9.18 Å². The zero-order valence-electron chi connectivity index (χ0n) is 17.3. The number of nitrogens with zero attached hydrogens (tertiary/aromatic N) is 4. The van der Waals surface area contributed by atoms with Crippen molar-refractivity contribution in [3.63, 3.8) is 0 Å². The van der Waals surface area contributed by atoms with Crippen LogP contribution in [0.15, 0.2) is 48.7 Å². The maximum atomic E-state index is 13.5. The molecule has 1 aromatic carbocycles. The lowest BCUT2D eigenvalue weighted by atomic mass is 10.1. The number of H-pyrrole nitrogens is 1. The average Bonchev–Trinajstić information content (AvgIpc) is 3.34. The predicted molar refractivity (Wildman–Crippen MR) is 112 cm³/mol. The van der Waals surface area contributed by atoms with E-state index in [0.717, 1.165) is 5.69 Å². The minimum absolute atomic E-state index is 0.197. The van der Waals surface area contributed by atoms with Crippen molar-refractivity contribution in [1.29, 1.82) is 0 Å². The lowest BCUT2D eigenvalue weighted by molar-refractivity contribution is -0.153. The third kappa shape index (κ3) is 4.38. The molecule has 0 aliphatic rings. The summed E-state index contributed by atoms with van der Waals surface area (Å²) in [7, 11) is 0. The van der Waals surface area contributed by atoms with Crippen molar-refractivity contribution in [1.82, 2.24) is 24.8 Å². The molecule has 31 heavy (non-hydrogen) atoms. The fourth-order valence-corrected chi connectivity index (χ4v) is 2.92. The van der Waals surface area contributed by atoms with E-state index in [2.05, 4.69) is 25.6 Å². The smallest absolute Gasteiger partial charge is 0.326 e. The first-order valence-corrected chi connectivity index (χ1v) is 9.60. The van der Waals surface area contributed by atoms with Crippen molar-refractivity contribution in [2.45, 2.75) is 32.4 Å². The fraction of sp³-hybridized carbons (Fsp3) is 0.238. The quantitative estimate of drug-likeness (QED) is 0.407. The van der Waals surface area contributed by atoms with Gasteiger partial charge in [0.2, 0.25) is 0 Å². The SMILES string of the molecule is Cc1cc(Nc2nc(C(OC(=O)C(C)(C)N)c3ccc(F)cc3)nn3cccc23)n[nH]1. The van der Waals surface area contributed by atoms with E-state index >= 15 is 0 Å². The number of hydrogen-bond acceptors (Lipinski definition) is 7. The molecular formula is C21H22FN7O2. The third-order valence-corrected chi connectivity index (χ3v) is 4.52. The van der Waals surface area contributed by atoms with Crippen molar-refractivity contribution in [2.75, 3.05) is 5.32 Å². The van der Waals surface area contributed by atoms with Crippen LogP contribution >= 0.6 is 0 Å². The molecule has 10 heteroatoms. The topological polar surface area (TPSA) is 123 Å². The van der Waals surface area contributed by atoms with Gasteiger partial charge >= 0.3 is 5.97 Å². The van der Waals surface area contributed by atoms with E-state index < -0.39 is 23.4 Å². The van der Waals surface area contributed by atoms with Gasteiger partial charge in [-0.2, -0.15) is 5.10 Å². The number of esters is 1. The first-order chi connectivity index (χ1) is 14.7. The van der Waals surface area contributed by atoms with Crippen molar-refractivity contribution >= 4 is 23.1 Å². The minimum Gasteiger partial charge on any atom is -0.448 e. The first-order valence-electron chi connectivity index (χ1n) is 9.60. The molecule has 0 radical (unpaired) electrons. The number of fused-ring (bicyclic) bond motifs is 1. The molecule has 4 rings (SSSR count). The molecule has 0 bridgehead atoms. The van der Waals surface area contributed by atoms with Crippen molar-refractivity contribution in [3.8, 4) is 0 Å². The van der Waals surface area contributed by atoms with Crippen molar-refractivity contribution in [2.24, 2.45) is 5.73 Å². The zero-order chi connectivity index (χ0) is 22.2. The number of halogens is 1. The summed E-state index contributed by atoms with van der Waals surface area (Å²) in [6, 6.07) is 11.1. The van der Waals surface area contributed by atoms with Gasteiger partial charge in [-0.25, -0.2) is 13.9 Å². The van der Waals surface area contributed by atoms with Gasteiger partial charge in [-0.3, -0.25) is 9.89 Å². The highest BCUT2D eigenvalue weighted by molar-refractivity contribution is 5.80. The van der Waals surface area contributed by atoms with Gasteiger partial charge in [0.05, 0.1) is 0 Å². The number of aryl methyl sites for hydroxylation is 1. The number of carbonyl (C=O) groups excluding carboxylic acids is 1. The average molecular weight is 423 g/mol. The van der Waals surface area contributed by atoms with Gasteiger partial charge < -0.3 is 15.8 Å². The van der Waals surface area contributed by atoms with Crippen LogP contribution in [0.3, 0.4) is 0 Å². The number of aromatic amines is 1. The second-order valence-electron chi connectivity index (χ2n) is 7.78. The molecule has 0 fully saturated rings. The van der Waals surface area contributed by atoms with E-state index in [1.165, 1.54) is 24.3 Å². The Morgan fingerprint density at radius 3 is 2.68 bits per heavy atom. The molecule has 9 nitrogen and oxygen atoms in total. The van der Waals surface area contributed by atoms with Crippen LogP contribution in [0.4, 0.5) is 16.0 Å². The second-order valence-corrected chi connectivity index (χ2v) is 7.78. The molecule has 4 N–H and O–H groups in total. The largest absolute Gasteiger partial charge is 0.448 e. The van der Waals surface area contributed by atoms with E-state index in [0.29, 0.717) is 22.7 Å². The van der Waals surface area contributed by atoms with Crippen LogP contribution in [0.2, 0.25) is 0 Å². The molecule has 160 valence electrons. The summed E-state index contributed by atoms with van der Waals surface area (Å²) in [6.07, 6.45) is 0.752. The summed E-state index contributed by atoms with van der Waals surface area (Å²) in [5.74, 6) is 0.185. The van der Waals surface area contributed by atoms with Gasteiger partial charge in [0, 0.05) is 23.5 Å². The van der Waals surface area contributed by atoms with Crippen LogP contribution in [0, 0.1) is 12.7 Å². The maximum absolute atomic E-state index is 13.5. The number of anilines is 2. The summed E-state index contributed by atoms with van der Waals surface area (Å²) in [4.78, 5) is 17.2. The Balaban J connectivity index is 1.80. The lowest BCUT2D eigenvalue weighted by Gasteiger charge is -2.23. The van der Waals surface area contributed by atoms with Gasteiger partial charge in [0.1, 0.15) is 16.9 Å². The number of hydrogen-bond donors (Lipinski definition) is 3. The van der Waals surface area contributed by atoms with Crippen molar-refractivity contribution in [3.05, 3.63) is 71.6 Å². The Morgan fingerprint density at radius 2 is 2.03 bits per heavy atom. The Hall–Kier alpha value is -3.79. The molecule has 0 aliphatic carbocycles. The standard InChI is InChI=1S/C21H22FN7O2/c1-12-11-16(27-26-12)24-18-15-5-4-10-29(15)28-19(25-18)17(31-20(30)21(2,3)23)13-6-8-14(22)9-7-13/h4-11,17H,23H2,1-3H3,(H2,24,25,26,27,28). The molecule has 1 atom stereocenters. The highest BCUT2D eigenvalue weighted by atomic mass is 19.1. The minimum atomic E-state index is -1.23. The first kappa shape index (κ1) is 20.5. The van der Waals surface area contributed by atoms with Crippen LogP contribution in [0.1, 0.15) is 37.0 Å². The number of carbonyl (C=O) groups is 1. The lowest BCUT2D eigenvalue weighted by Crippen LogP contribution is -2.43. The summed E-state index contributed by atoms with van der Waals surface area (Å²) in [6.45, 7) is 4.97. The summed E-state index contributed by atoms with van der Waals surface area (Å²) in [5.41, 5.74) is 6.77. The van der Waals surface area contributed by atoms with Gasteiger partial charge in [-0.05, 0) is 45.0 Å². The summed E-state index contributed by atoms with van der Waals surface area (Å²) in [5, 5.41) is 14.7. The fourth-order valence-electron chi connectivity index (χ4n) is 2.92. The Kier molecular flexibility index (Phi) is 5.15. The number of rotatable bonds is 6. The number of ether oxygens (including phenoxy) is 1. The van der Waals surface area contributed by atoms with Crippen LogP contribution in [-0.4, -0.2) is 36.3 Å². The van der Waals surface area contributed by atoms with E-state index in [4.69, 9.17) is 10.5 Å². The van der Waals surface area contributed by atoms with E-state index in [1.54, 1.807) is 24.6 Å². The zero-order valence-corrected chi connectivity index (χ0v) is 17.3. The highest BCUT2D eigenvalue weighted by Gasteiger charge is 2.31. The monoisotopic (exact) mass is 423 g/mol. The number of aromatic nitrogens is 5. The molecule has 4 aromatic rings. The molecule has 1 unspecified atom stereocenters. The van der Waals surface area contributed by atoms with Gasteiger partial charge in [0.25, 0.3) is 0 Å². The second kappa shape index (κ2) is 7.80. The predicted octanol–water partition coefficient (Wildman–Crippen LogP) is 3.01. The molecule has 0 saturated carbocycles. The Labute approximate surface area is 177 Å². The van der Waals surface area contributed by atoms with E-state index in [1.807, 2.05) is 25.1 Å². The van der Waals surface area contributed by atoms with Gasteiger partial charge in [-0.15, -0.1) is 5.10 Å².